The third kappa shape index (κ3) is 5.31. The fraction of sp³-hybridized carbons (Fsp3) is 0.226. The summed E-state index contributed by atoms with van der Waals surface area (Å²) in [4.78, 5) is 48.4. The van der Waals surface area contributed by atoms with Crippen LogP contribution in [-0.4, -0.2) is 53.4 Å². The van der Waals surface area contributed by atoms with E-state index in [-0.39, 0.29) is 23.9 Å². The molecule has 0 saturated carbocycles. The number of urea groups is 1. The Kier molecular flexibility index (Phi) is 7.60. The van der Waals surface area contributed by atoms with Crippen LogP contribution in [0.1, 0.15) is 28.1 Å². The largest absolute Gasteiger partial charge is 0.457 e. The lowest BCUT2D eigenvalue weighted by atomic mass is 10.0. The smallest absolute Gasteiger partial charge is 0.331 e. The van der Waals surface area contributed by atoms with Gasteiger partial charge in [0.25, 0.3) is 5.91 Å². The Bertz CT molecular complexity index is 1700. The zero-order chi connectivity index (χ0) is 29.2. The number of amides is 4. The Hall–Kier alpha value is -4.74. The fourth-order valence-electron chi connectivity index (χ4n) is 5.37. The summed E-state index contributed by atoms with van der Waals surface area (Å²) in [6.07, 6.45) is 6.27. The van der Waals surface area contributed by atoms with Crippen molar-refractivity contribution in [3.8, 4) is 11.5 Å². The topological polar surface area (TPSA) is 130 Å². The van der Waals surface area contributed by atoms with Crippen LogP contribution in [0.2, 0.25) is 0 Å². The van der Waals surface area contributed by atoms with Crippen LogP contribution in [0, 0.1) is 6.92 Å². The molecule has 2 aliphatic rings. The number of nitrogens with one attached hydrogen (secondary N) is 2. The van der Waals surface area contributed by atoms with E-state index >= 15 is 0 Å². The van der Waals surface area contributed by atoms with Gasteiger partial charge >= 0.3 is 6.03 Å². The molecule has 4 heterocycles. The summed E-state index contributed by atoms with van der Waals surface area (Å²) in [7, 11) is 0. The maximum atomic E-state index is 13.6. The van der Waals surface area contributed by atoms with Crippen molar-refractivity contribution in [3.05, 3.63) is 83.4 Å². The molecular formula is C31H30N6O4S. The number of nitrogens with two attached hydrogens (primary N) is 1. The Morgan fingerprint density at radius 2 is 2.00 bits per heavy atom. The van der Waals surface area contributed by atoms with E-state index in [4.69, 9.17) is 10.5 Å². The SMILES string of the molecule is Cc1cc(Oc2ccccc2)ccc1N1C(=O)Nc2c(C(=O)N[C@@H]3CCCN(C(=O)/C=C/CN)C3)sc3nccc1c23. The lowest BCUT2D eigenvalue weighted by molar-refractivity contribution is -0.127. The molecule has 2 aromatic heterocycles. The van der Waals surface area contributed by atoms with Gasteiger partial charge in [0.1, 0.15) is 21.2 Å². The average molecular weight is 583 g/mol. The van der Waals surface area contributed by atoms with Gasteiger partial charge in [-0.1, -0.05) is 24.3 Å². The highest BCUT2D eigenvalue weighted by Gasteiger charge is 2.34. The minimum atomic E-state index is -0.372. The molecule has 2 aromatic carbocycles. The number of nitrogens with zero attached hydrogens (tertiary/aromatic N) is 3. The van der Waals surface area contributed by atoms with Crippen LogP contribution >= 0.6 is 11.3 Å². The van der Waals surface area contributed by atoms with Crippen molar-refractivity contribution in [2.45, 2.75) is 25.8 Å². The van der Waals surface area contributed by atoms with Crippen molar-refractivity contribution in [1.29, 1.82) is 0 Å². The predicted molar refractivity (Wildman–Crippen MR) is 164 cm³/mol. The van der Waals surface area contributed by atoms with Crippen LogP contribution in [-0.2, 0) is 4.79 Å². The van der Waals surface area contributed by atoms with Crippen LogP contribution in [0.15, 0.2) is 72.9 Å². The van der Waals surface area contributed by atoms with Gasteiger partial charge in [0, 0.05) is 37.9 Å². The van der Waals surface area contributed by atoms with Crippen LogP contribution in [0.25, 0.3) is 10.2 Å². The molecule has 0 spiro atoms. The van der Waals surface area contributed by atoms with Crippen molar-refractivity contribution in [2.75, 3.05) is 29.9 Å². The number of hydrogen-bond acceptors (Lipinski definition) is 7. The second-order valence-electron chi connectivity index (χ2n) is 10.2. The molecule has 0 bridgehead atoms. The molecule has 1 saturated heterocycles. The predicted octanol–water partition coefficient (Wildman–Crippen LogP) is 5.32. The average Bonchev–Trinajstić information content (AvgIpc) is 3.37. The quantitative estimate of drug-likeness (QED) is 0.253. The highest BCUT2D eigenvalue weighted by molar-refractivity contribution is 7.21. The number of likely N-dealkylation sites (tertiary alicyclic amines) is 1. The molecular weight excluding hydrogens is 552 g/mol. The molecule has 4 aromatic rings. The number of thiophene rings is 1. The molecule has 1 atom stereocenters. The van der Waals surface area contributed by atoms with E-state index in [1.54, 1.807) is 28.1 Å². The summed E-state index contributed by atoms with van der Waals surface area (Å²) in [5, 5.41) is 6.73. The third-order valence-corrected chi connectivity index (χ3v) is 8.40. The maximum Gasteiger partial charge on any atom is 0.331 e. The summed E-state index contributed by atoms with van der Waals surface area (Å²) in [5.74, 6) is 0.963. The van der Waals surface area contributed by atoms with E-state index in [9.17, 15) is 14.4 Å². The Labute approximate surface area is 246 Å². The monoisotopic (exact) mass is 582 g/mol. The van der Waals surface area contributed by atoms with Crippen molar-refractivity contribution in [3.63, 3.8) is 0 Å². The molecule has 6 rings (SSSR count). The molecule has 1 fully saturated rings. The van der Waals surface area contributed by atoms with Gasteiger partial charge in [-0.15, -0.1) is 11.3 Å². The van der Waals surface area contributed by atoms with Gasteiger partial charge in [-0.05, 0) is 61.7 Å². The van der Waals surface area contributed by atoms with E-state index in [0.717, 1.165) is 24.2 Å². The molecule has 42 heavy (non-hydrogen) atoms. The first-order valence-corrected chi connectivity index (χ1v) is 14.6. The standard InChI is InChI=1S/C31H30N6O4S/c1-19-17-22(41-21-8-3-2-4-9-21)11-12-23(19)37-24-13-15-33-30-26(24)27(35-31(37)40)28(42-30)29(39)34-20-7-6-16-36(18-20)25(38)10-5-14-32/h2-5,8-13,15,17,20H,6-7,14,16,18,32H2,1H3,(H,34,39)(H,35,40)/b10-5+/t20-/m1/s1. The van der Waals surface area contributed by atoms with Gasteiger partial charge in [0.15, 0.2) is 0 Å². The summed E-state index contributed by atoms with van der Waals surface area (Å²) in [5.41, 5.74) is 8.11. The lowest BCUT2D eigenvalue weighted by Gasteiger charge is -2.32. The van der Waals surface area contributed by atoms with Crippen molar-refractivity contribution < 1.29 is 19.1 Å². The highest BCUT2D eigenvalue weighted by atomic mass is 32.1. The van der Waals surface area contributed by atoms with Gasteiger partial charge in [-0.3, -0.25) is 14.5 Å². The van der Waals surface area contributed by atoms with Crippen molar-refractivity contribution in [1.82, 2.24) is 15.2 Å². The van der Waals surface area contributed by atoms with Crippen molar-refractivity contribution in [2.24, 2.45) is 5.73 Å². The first-order valence-electron chi connectivity index (χ1n) is 13.8. The Morgan fingerprint density at radius 3 is 2.79 bits per heavy atom. The summed E-state index contributed by atoms with van der Waals surface area (Å²) < 4.78 is 5.97. The van der Waals surface area contributed by atoms with Crippen LogP contribution in [0.3, 0.4) is 0 Å². The maximum absolute atomic E-state index is 13.6. The molecule has 4 N–H and O–H groups in total. The van der Waals surface area contributed by atoms with Gasteiger partial charge in [-0.2, -0.15) is 0 Å². The van der Waals surface area contributed by atoms with Gasteiger partial charge in [0.2, 0.25) is 5.91 Å². The summed E-state index contributed by atoms with van der Waals surface area (Å²) in [6.45, 7) is 3.25. The Balaban J connectivity index is 1.26. The first-order chi connectivity index (χ1) is 20.4. The van der Waals surface area contributed by atoms with E-state index in [0.29, 0.717) is 57.5 Å². The molecule has 0 unspecified atom stereocenters. The zero-order valence-corrected chi connectivity index (χ0v) is 23.8. The number of hydrogen-bond donors (Lipinski definition) is 3. The number of carbonyl (C=O) groups excluding carboxylic acids is 3. The third-order valence-electron chi connectivity index (χ3n) is 7.31. The van der Waals surface area contributed by atoms with Crippen molar-refractivity contribution >= 4 is 56.5 Å². The van der Waals surface area contributed by atoms with Crippen LogP contribution in [0.5, 0.6) is 11.5 Å². The number of para-hydroxylation sites is 1. The number of carbonyl (C=O) groups is 3. The number of benzene rings is 2. The molecule has 10 nitrogen and oxygen atoms in total. The fourth-order valence-corrected chi connectivity index (χ4v) is 6.39. The Morgan fingerprint density at radius 1 is 1.17 bits per heavy atom. The second-order valence-corrected chi connectivity index (χ2v) is 11.2. The minimum absolute atomic E-state index is 0.118. The number of aromatic nitrogens is 1. The van der Waals surface area contributed by atoms with E-state index in [1.165, 1.54) is 17.4 Å². The van der Waals surface area contributed by atoms with E-state index in [1.807, 2.05) is 55.5 Å². The van der Waals surface area contributed by atoms with Crippen LogP contribution in [0.4, 0.5) is 21.9 Å². The molecule has 0 radical (unpaired) electrons. The summed E-state index contributed by atoms with van der Waals surface area (Å²) >= 11 is 1.23. The van der Waals surface area contributed by atoms with E-state index < -0.39 is 0 Å². The van der Waals surface area contributed by atoms with Crippen LogP contribution < -0.4 is 26.0 Å². The second kappa shape index (κ2) is 11.6. The number of piperidine rings is 1. The van der Waals surface area contributed by atoms with Gasteiger partial charge in [0.05, 0.1) is 22.4 Å². The summed E-state index contributed by atoms with van der Waals surface area (Å²) in [6, 6.07) is 16.3. The lowest BCUT2D eigenvalue weighted by Crippen LogP contribution is -2.49. The first kappa shape index (κ1) is 27.4. The minimum Gasteiger partial charge on any atom is -0.457 e. The van der Waals surface area contributed by atoms with Gasteiger partial charge in [-0.25, -0.2) is 9.78 Å². The number of anilines is 3. The highest BCUT2D eigenvalue weighted by Crippen LogP contribution is 2.46. The van der Waals surface area contributed by atoms with Gasteiger partial charge < -0.3 is 26.0 Å². The number of rotatable bonds is 7. The molecule has 2 aliphatic heterocycles. The normalized spacial score (nSPS) is 16.5. The number of aryl methyl sites for hydroxylation is 1. The molecule has 214 valence electrons. The van der Waals surface area contributed by atoms with E-state index in [2.05, 4.69) is 15.6 Å². The molecule has 0 aliphatic carbocycles. The zero-order valence-electron chi connectivity index (χ0n) is 23.0. The molecule has 4 amide bonds. The number of pyridine rings is 1. The number of ether oxygens (including phenoxy) is 1. The molecule has 11 heteroatoms.